The predicted octanol–water partition coefficient (Wildman–Crippen LogP) is 3.02. The first-order chi connectivity index (χ1) is 8.15. The van der Waals surface area contributed by atoms with Gasteiger partial charge in [-0.15, -0.1) is 0 Å². The Hall–Kier alpha value is -0.970. The van der Waals surface area contributed by atoms with Gasteiger partial charge in [-0.25, -0.2) is 5.84 Å². The first-order valence-electron chi connectivity index (χ1n) is 5.40. The molecule has 0 amide bonds. The van der Waals surface area contributed by atoms with E-state index >= 15 is 0 Å². The van der Waals surface area contributed by atoms with Gasteiger partial charge in [-0.05, 0) is 24.6 Å². The molecule has 4 nitrogen and oxygen atoms in total. The van der Waals surface area contributed by atoms with Crippen LogP contribution in [0.4, 0.5) is 5.69 Å². The number of nitrogens with zero attached hydrogens (tertiary/aromatic N) is 1. The molecule has 0 aliphatic heterocycles. The molecule has 0 aliphatic carbocycles. The number of nitrogens with one attached hydrogen (secondary N) is 2. The highest BCUT2D eigenvalue weighted by atomic mass is 35.5. The Balaban J connectivity index is 2.69. The molecule has 0 aromatic heterocycles. The van der Waals surface area contributed by atoms with E-state index in [0.29, 0.717) is 16.0 Å². The van der Waals surface area contributed by atoms with Crippen LogP contribution in [0, 0.1) is 0 Å². The number of aliphatic imine (C=N–C) groups is 1. The molecule has 0 radical (unpaired) electrons. The molecule has 4 N–H and O–H groups in total. The third-order valence-electron chi connectivity index (χ3n) is 2.04. The SMILES string of the molecule is CCCCN=C(NN)Nc1cc(Cl)cc(Cl)c1. The van der Waals surface area contributed by atoms with E-state index in [-0.39, 0.29) is 0 Å². The Morgan fingerprint density at radius 3 is 2.47 bits per heavy atom. The molecule has 1 aromatic carbocycles. The zero-order chi connectivity index (χ0) is 12.7. The maximum Gasteiger partial charge on any atom is 0.210 e. The molecular formula is C11H16Cl2N4. The van der Waals surface area contributed by atoms with E-state index in [0.717, 1.165) is 25.1 Å². The van der Waals surface area contributed by atoms with Gasteiger partial charge in [0.05, 0.1) is 0 Å². The molecule has 0 spiro atoms. The summed E-state index contributed by atoms with van der Waals surface area (Å²) in [5, 5.41) is 4.13. The van der Waals surface area contributed by atoms with E-state index in [1.807, 2.05) is 0 Å². The lowest BCUT2D eigenvalue weighted by molar-refractivity contribution is 0.801. The van der Waals surface area contributed by atoms with Gasteiger partial charge >= 0.3 is 0 Å². The van der Waals surface area contributed by atoms with Gasteiger partial charge in [-0.2, -0.15) is 0 Å². The number of hydrazine groups is 1. The number of hydrogen-bond donors (Lipinski definition) is 3. The van der Waals surface area contributed by atoms with Gasteiger partial charge in [0.2, 0.25) is 5.96 Å². The average Bonchev–Trinajstić information content (AvgIpc) is 2.26. The summed E-state index contributed by atoms with van der Waals surface area (Å²) in [6.07, 6.45) is 2.10. The maximum atomic E-state index is 5.89. The number of guanidine groups is 1. The van der Waals surface area contributed by atoms with E-state index in [1.165, 1.54) is 0 Å². The Morgan fingerprint density at radius 2 is 1.94 bits per heavy atom. The predicted molar refractivity (Wildman–Crippen MR) is 74.6 cm³/mol. The number of hydrogen-bond acceptors (Lipinski definition) is 2. The van der Waals surface area contributed by atoms with Crippen LogP contribution in [0.2, 0.25) is 10.0 Å². The van der Waals surface area contributed by atoms with Gasteiger partial charge in [0.25, 0.3) is 0 Å². The van der Waals surface area contributed by atoms with Gasteiger partial charge in [0.15, 0.2) is 0 Å². The zero-order valence-corrected chi connectivity index (χ0v) is 11.1. The molecule has 6 heteroatoms. The second-order valence-electron chi connectivity index (χ2n) is 3.51. The standard InChI is InChI=1S/C11H16Cl2N4/c1-2-3-4-15-11(17-14)16-10-6-8(12)5-9(13)7-10/h5-7H,2-4,14H2,1H3,(H2,15,16,17). The molecule has 0 atom stereocenters. The molecule has 94 valence electrons. The van der Waals surface area contributed by atoms with Crippen LogP contribution >= 0.6 is 23.2 Å². The van der Waals surface area contributed by atoms with E-state index in [9.17, 15) is 0 Å². The molecule has 0 saturated carbocycles. The van der Waals surface area contributed by atoms with Crippen LogP contribution in [0.5, 0.6) is 0 Å². The lowest BCUT2D eigenvalue weighted by Crippen LogP contribution is -2.36. The summed E-state index contributed by atoms with van der Waals surface area (Å²) in [4.78, 5) is 4.27. The summed E-state index contributed by atoms with van der Waals surface area (Å²) in [7, 11) is 0. The summed E-state index contributed by atoms with van der Waals surface area (Å²) in [6.45, 7) is 2.83. The van der Waals surface area contributed by atoms with Crippen LogP contribution in [0.1, 0.15) is 19.8 Å². The highest BCUT2D eigenvalue weighted by molar-refractivity contribution is 6.35. The number of halogens is 2. The van der Waals surface area contributed by atoms with Crippen LogP contribution < -0.4 is 16.6 Å². The fourth-order valence-corrected chi connectivity index (χ4v) is 1.76. The van der Waals surface area contributed by atoms with Crippen molar-refractivity contribution in [3.63, 3.8) is 0 Å². The van der Waals surface area contributed by atoms with Crippen molar-refractivity contribution >= 4 is 34.8 Å². The van der Waals surface area contributed by atoms with Gasteiger partial charge in [-0.1, -0.05) is 36.5 Å². The minimum Gasteiger partial charge on any atom is -0.325 e. The van der Waals surface area contributed by atoms with Crippen molar-refractivity contribution in [2.45, 2.75) is 19.8 Å². The van der Waals surface area contributed by atoms with Crippen LogP contribution in [-0.4, -0.2) is 12.5 Å². The Morgan fingerprint density at radius 1 is 1.29 bits per heavy atom. The topological polar surface area (TPSA) is 62.4 Å². The highest BCUT2D eigenvalue weighted by Crippen LogP contribution is 2.22. The second-order valence-corrected chi connectivity index (χ2v) is 4.38. The first kappa shape index (κ1) is 14.1. The normalized spacial score (nSPS) is 11.4. The van der Waals surface area contributed by atoms with Crippen molar-refractivity contribution in [3.8, 4) is 0 Å². The van der Waals surface area contributed by atoms with Gasteiger partial charge in [0, 0.05) is 22.3 Å². The molecule has 1 rings (SSSR count). The number of anilines is 1. The van der Waals surface area contributed by atoms with Crippen LogP contribution in [0.15, 0.2) is 23.2 Å². The fourth-order valence-electron chi connectivity index (χ4n) is 1.23. The third kappa shape index (κ3) is 5.26. The van der Waals surface area contributed by atoms with Crippen molar-refractivity contribution in [1.29, 1.82) is 0 Å². The van der Waals surface area contributed by atoms with Crippen LogP contribution in [-0.2, 0) is 0 Å². The largest absolute Gasteiger partial charge is 0.325 e. The molecular weight excluding hydrogens is 259 g/mol. The maximum absolute atomic E-state index is 5.89. The lowest BCUT2D eigenvalue weighted by atomic mass is 10.3. The molecule has 0 saturated heterocycles. The van der Waals surface area contributed by atoms with E-state index in [4.69, 9.17) is 29.0 Å². The van der Waals surface area contributed by atoms with Crippen molar-refractivity contribution in [2.24, 2.45) is 10.8 Å². The highest BCUT2D eigenvalue weighted by Gasteiger charge is 2.01. The summed E-state index contributed by atoms with van der Waals surface area (Å²) in [5.41, 5.74) is 3.25. The minimum absolute atomic E-state index is 0.497. The van der Waals surface area contributed by atoms with Gasteiger partial charge < -0.3 is 5.32 Å². The van der Waals surface area contributed by atoms with Crippen LogP contribution in [0.25, 0.3) is 0 Å². The number of rotatable bonds is 4. The molecule has 0 aliphatic rings. The number of benzene rings is 1. The molecule has 0 heterocycles. The number of unbranched alkanes of at least 4 members (excludes halogenated alkanes) is 1. The van der Waals surface area contributed by atoms with E-state index < -0.39 is 0 Å². The van der Waals surface area contributed by atoms with Crippen molar-refractivity contribution in [1.82, 2.24) is 5.43 Å². The summed E-state index contributed by atoms with van der Waals surface area (Å²) in [5.74, 6) is 5.87. The lowest BCUT2D eigenvalue weighted by Gasteiger charge is -2.09. The average molecular weight is 275 g/mol. The zero-order valence-electron chi connectivity index (χ0n) is 9.63. The Labute approximate surface area is 111 Å². The van der Waals surface area contributed by atoms with Gasteiger partial charge in [-0.3, -0.25) is 10.4 Å². The molecule has 0 fully saturated rings. The molecule has 17 heavy (non-hydrogen) atoms. The van der Waals surface area contributed by atoms with Gasteiger partial charge in [0.1, 0.15) is 0 Å². The van der Waals surface area contributed by atoms with Crippen LogP contribution in [0.3, 0.4) is 0 Å². The molecule has 0 bridgehead atoms. The Kier molecular flexibility index (Phi) is 6.11. The number of nitrogens with two attached hydrogens (primary N) is 1. The summed E-state index contributed by atoms with van der Waals surface area (Å²) in [6, 6.07) is 5.16. The summed E-state index contributed by atoms with van der Waals surface area (Å²) >= 11 is 11.8. The molecule has 1 aromatic rings. The minimum atomic E-state index is 0.497. The van der Waals surface area contributed by atoms with Crippen molar-refractivity contribution in [2.75, 3.05) is 11.9 Å². The Bertz CT molecular complexity index is 373. The van der Waals surface area contributed by atoms with Crippen molar-refractivity contribution < 1.29 is 0 Å². The summed E-state index contributed by atoms with van der Waals surface area (Å²) < 4.78 is 0. The fraction of sp³-hybridized carbons (Fsp3) is 0.364. The monoisotopic (exact) mass is 274 g/mol. The van der Waals surface area contributed by atoms with Crippen molar-refractivity contribution in [3.05, 3.63) is 28.2 Å². The second kappa shape index (κ2) is 7.37. The quantitative estimate of drug-likeness (QED) is 0.260. The van der Waals surface area contributed by atoms with E-state index in [2.05, 4.69) is 22.7 Å². The first-order valence-corrected chi connectivity index (χ1v) is 6.15. The van der Waals surface area contributed by atoms with E-state index in [1.54, 1.807) is 18.2 Å². The third-order valence-corrected chi connectivity index (χ3v) is 2.48. The molecule has 0 unspecified atom stereocenters. The smallest absolute Gasteiger partial charge is 0.210 e.